The van der Waals surface area contributed by atoms with E-state index in [-0.39, 0.29) is 22.8 Å². The van der Waals surface area contributed by atoms with Crippen molar-refractivity contribution in [2.45, 2.75) is 0 Å². The van der Waals surface area contributed by atoms with Gasteiger partial charge in [0, 0.05) is 16.7 Å². The normalized spacial score (nSPS) is 10.1. The van der Waals surface area contributed by atoms with Gasteiger partial charge in [-0.25, -0.2) is 4.98 Å². The van der Waals surface area contributed by atoms with Crippen LogP contribution < -0.4 is 5.32 Å². The molecule has 1 aromatic heterocycles. The quantitative estimate of drug-likeness (QED) is 0.508. The molecule has 8 heteroatoms. The Morgan fingerprint density at radius 1 is 1.35 bits per heavy atom. The van der Waals surface area contributed by atoms with Gasteiger partial charge in [-0.3, -0.25) is 14.9 Å². The summed E-state index contributed by atoms with van der Waals surface area (Å²) in [5.41, 5.74) is -0.0291. The molecule has 2 N–H and O–H groups in total. The molecule has 0 aliphatic carbocycles. The smallest absolute Gasteiger partial charge is 0.274 e. The molecule has 2 rings (SSSR count). The van der Waals surface area contributed by atoms with E-state index in [0.717, 1.165) is 10.5 Å². The van der Waals surface area contributed by atoms with Crippen molar-refractivity contribution < 1.29 is 14.8 Å². The number of anilines is 1. The molecule has 1 amide bonds. The van der Waals surface area contributed by atoms with Gasteiger partial charge >= 0.3 is 0 Å². The summed E-state index contributed by atoms with van der Waals surface area (Å²) in [6.07, 6.45) is 1.46. The van der Waals surface area contributed by atoms with E-state index in [1.54, 1.807) is 6.07 Å². The number of aromatic nitrogens is 1. The first-order valence-electron chi connectivity index (χ1n) is 5.37. The van der Waals surface area contributed by atoms with Gasteiger partial charge in [0.1, 0.15) is 11.4 Å². The molecule has 0 atom stereocenters. The van der Waals surface area contributed by atoms with Crippen molar-refractivity contribution in [1.82, 2.24) is 4.98 Å². The number of nitrogens with zero attached hydrogens (tertiary/aromatic N) is 2. The monoisotopic (exact) mass is 337 g/mol. The molecule has 0 saturated carbocycles. The molecule has 0 fully saturated rings. The lowest BCUT2D eigenvalue weighted by molar-refractivity contribution is -0.384. The molecule has 0 bridgehead atoms. The number of nitro benzene ring substituents is 1. The van der Waals surface area contributed by atoms with Crippen molar-refractivity contribution in [2.24, 2.45) is 0 Å². The van der Waals surface area contributed by atoms with Crippen LogP contribution in [0.1, 0.15) is 10.5 Å². The molecular formula is C12H8BrN3O4. The molecule has 20 heavy (non-hydrogen) atoms. The number of amides is 1. The van der Waals surface area contributed by atoms with Crippen LogP contribution in [-0.2, 0) is 0 Å². The maximum absolute atomic E-state index is 11.9. The number of nitro groups is 1. The molecule has 2 aromatic rings. The molecule has 0 radical (unpaired) electrons. The Balaban J connectivity index is 2.19. The Bertz CT molecular complexity index is 673. The average molecular weight is 338 g/mol. The Kier molecular flexibility index (Phi) is 3.94. The Labute approximate surface area is 121 Å². The third-order valence-electron chi connectivity index (χ3n) is 2.40. The maximum Gasteiger partial charge on any atom is 0.274 e. The van der Waals surface area contributed by atoms with Crippen LogP contribution in [0.25, 0.3) is 0 Å². The van der Waals surface area contributed by atoms with Crippen LogP contribution in [-0.4, -0.2) is 20.9 Å². The number of halogens is 1. The minimum absolute atomic E-state index is 0.0744. The molecular weight excluding hydrogens is 330 g/mol. The third kappa shape index (κ3) is 3.09. The zero-order chi connectivity index (χ0) is 14.7. The fourth-order valence-electron chi connectivity index (χ4n) is 1.44. The molecule has 1 heterocycles. The summed E-state index contributed by atoms with van der Waals surface area (Å²) in [5, 5.41) is 22.6. The second-order valence-electron chi connectivity index (χ2n) is 3.77. The molecule has 0 aliphatic heterocycles. The SMILES string of the molecule is O=C(Nc1ccc([N+](=O)[O-])cc1O)c1ccc(Br)cn1. The summed E-state index contributed by atoms with van der Waals surface area (Å²) >= 11 is 3.20. The highest BCUT2D eigenvalue weighted by atomic mass is 79.9. The molecule has 102 valence electrons. The zero-order valence-electron chi connectivity index (χ0n) is 9.91. The van der Waals surface area contributed by atoms with Crippen molar-refractivity contribution >= 4 is 33.2 Å². The van der Waals surface area contributed by atoms with E-state index in [0.29, 0.717) is 0 Å². The molecule has 7 nitrogen and oxygen atoms in total. The van der Waals surface area contributed by atoms with Crippen molar-refractivity contribution in [2.75, 3.05) is 5.32 Å². The van der Waals surface area contributed by atoms with Crippen molar-refractivity contribution in [3.05, 3.63) is 56.8 Å². The van der Waals surface area contributed by atoms with E-state index in [2.05, 4.69) is 26.2 Å². The standard InChI is InChI=1S/C12H8BrN3O4/c13-7-1-3-10(14-6-7)12(18)15-9-4-2-8(16(19)20)5-11(9)17/h1-6,17H,(H,15,18). The van der Waals surface area contributed by atoms with Gasteiger partial charge in [0.05, 0.1) is 16.7 Å². The Morgan fingerprint density at radius 2 is 2.10 bits per heavy atom. The van der Waals surface area contributed by atoms with Crippen LogP contribution in [0.4, 0.5) is 11.4 Å². The predicted octanol–water partition coefficient (Wildman–Crippen LogP) is 2.71. The van der Waals surface area contributed by atoms with Gasteiger partial charge in [-0.15, -0.1) is 0 Å². The molecule has 1 aromatic carbocycles. The fourth-order valence-corrected chi connectivity index (χ4v) is 1.67. The summed E-state index contributed by atoms with van der Waals surface area (Å²) in [4.78, 5) is 25.7. The second-order valence-corrected chi connectivity index (χ2v) is 4.69. The minimum atomic E-state index is -0.637. The minimum Gasteiger partial charge on any atom is -0.506 e. The Morgan fingerprint density at radius 3 is 2.65 bits per heavy atom. The highest BCUT2D eigenvalue weighted by Gasteiger charge is 2.13. The van der Waals surface area contributed by atoms with Crippen molar-refractivity contribution in [3.8, 4) is 5.75 Å². The van der Waals surface area contributed by atoms with E-state index in [4.69, 9.17) is 0 Å². The third-order valence-corrected chi connectivity index (χ3v) is 2.87. The fraction of sp³-hybridized carbons (Fsp3) is 0. The first-order chi connectivity index (χ1) is 9.47. The predicted molar refractivity (Wildman–Crippen MR) is 74.7 cm³/mol. The number of pyridine rings is 1. The van der Waals surface area contributed by atoms with Crippen LogP contribution in [0.5, 0.6) is 5.75 Å². The van der Waals surface area contributed by atoms with Gasteiger partial charge in [0.25, 0.3) is 11.6 Å². The number of benzene rings is 1. The van der Waals surface area contributed by atoms with Crippen molar-refractivity contribution in [3.63, 3.8) is 0 Å². The number of rotatable bonds is 3. The topological polar surface area (TPSA) is 105 Å². The number of phenols is 1. The van der Waals surface area contributed by atoms with Crippen LogP contribution in [0, 0.1) is 10.1 Å². The number of non-ortho nitro benzene ring substituents is 1. The van der Waals surface area contributed by atoms with Gasteiger partial charge in [-0.05, 0) is 34.1 Å². The first-order valence-corrected chi connectivity index (χ1v) is 6.17. The van der Waals surface area contributed by atoms with Crippen LogP contribution in [0.2, 0.25) is 0 Å². The van der Waals surface area contributed by atoms with E-state index >= 15 is 0 Å². The lowest BCUT2D eigenvalue weighted by Crippen LogP contribution is -2.13. The number of nitrogens with one attached hydrogen (secondary N) is 1. The van der Waals surface area contributed by atoms with Gasteiger partial charge in [-0.2, -0.15) is 0 Å². The van der Waals surface area contributed by atoms with E-state index in [1.165, 1.54) is 24.4 Å². The highest BCUT2D eigenvalue weighted by molar-refractivity contribution is 9.10. The maximum atomic E-state index is 11.9. The van der Waals surface area contributed by atoms with Crippen molar-refractivity contribution in [1.29, 1.82) is 0 Å². The Hall–Kier alpha value is -2.48. The summed E-state index contributed by atoms with van der Waals surface area (Å²) < 4.78 is 0.729. The highest BCUT2D eigenvalue weighted by Crippen LogP contribution is 2.28. The molecule has 0 aliphatic rings. The largest absolute Gasteiger partial charge is 0.506 e. The molecule has 0 unspecified atom stereocenters. The molecule has 0 spiro atoms. The van der Waals surface area contributed by atoms with E-state index < -0.39 is 10.8 Å². The second kappa shape index (κ2) is 5.66. The van der Waals surface area contributed by atoms with Crippen LogP contribution in [0.15, 0.2) is 41.0 Å². The van der Waals surface area contributed by atoms with Gasteiger partial charge in [0.15, 0.2) is 0 Å². The van der Waals surface area contributed by atoms with Gasteiger partial charge < -0.3 is 10.4 Å². The zero-order valence-corrected chi connectivity index (χ0v) is 11.5. The summed E-state index contributed by atoms with van der Waals surface area (Å²) in [6, 6.07) is 6.55. The summed E-state index contributed by atoms with van der Waals surface area (Å²) in [7, 11) is 0. The molecule has 0 saturated heterocycles. The van der Waals surface area contributed by atoms with E-state index in [9.17, 15) is 20.0 Å². The number of hydrogen-bond acceptors (Lipinski definition) is 5. The number of hydrogen-bond donors (Lipinski definition) is 2. The van der Waals surface area contributed by atoms with E-state index in [1.807, 2.05) is 0 Å². The average Bonchev–Trinajstić information content (AvgIpc) is 2.41. The lowest BCUT2D eigenvalue weighted by atomic mass is 10.2. The number of carbonyl (C=O) groups excluding carboxylic acids is 1. The first kappa shape index (κ1) is 13.9. The number of aromatic hydroxyl groups is 1. The summed E-state index contributed by atoms with van der Waals surface area (Å²) in [5.74, 6) is -0.911. The number of carbonyl (C=O) groups is 1. The van der Waals surface area contributed by atoms with Gasteiger partial charge in [0.2, 0.25) is 0 Å². The summed E-state index contributed by atoms with van der Waals surface area (Å²) in [6.45, 7) is 0. The number of phenolic OH excluding ortho intramolecular Hbond substituents is 1. The lowest BCUT2D eigenvalue weighted by Gasteiger charge is -2.06. The van der Waals surface area contributed by atoms with Gasteiger partial charge in [-0.1, -0.05) is 0 Å². The van der Waals surface area contributed by atoms with Crippen LogP contribution >= 0.6 is 15.9 Å². The van der Waals surface area contributed by atoms with Crippen LogP contribution in [0.3, 0.4) is 0 Å².